The Balaban J connectivity index is 1.82. The Morgan fingerprint density at radius 2 is 1.54 bits per heavy atom. The predicted molar refractivity (Wildman–Crippen MR) is 107 cm³/mol. The highest BCUT2D eigenvalue weighted by Crippen LogP contribution is 2.16. The maximum atomic E-state index is 13.0. The van der Waals surface area contributed by atoms with Crippen LogP contribution in [0.3, 0.4) is 0 Å². The average Bonchev–Trinajstić information content (AvgIpc) is 2.72. The Bertz CT molecular complexity index is 1270. The van der Waals surface area contributed by atoms with Gasteiger partial charge in [0.15, 0.2) is 0 Å². The number of nitrogens with zero attached hydrogens (tertiary/aromatic N) is 3. The zero-order chi connectivity index (χ0) is 19.7. The van der Waals surface area contributed by atoms with Crippen LogP contribution in [0.5, 0.6) is 5.75 Å². The van der Waals surface area contributed by atoms with Crippen molar-refractivity contribution < 1.29 is 9.84 Å². The molecule has 0 aliphatic carbocycles. The van der Waals surface area contributed by atoms with Gasteiger partial charge >= 0.3 is 0 Å². The van der Waals surface area contributed by atoms with E-state index in [1.807, 2.05) is 24.3 Å². The van der Waals surface area contributed by atoms with Gasteiger partial charge in [-0.2, -0.15) is 0 Å². The van der Waals surface area contributed by atoms with Gasteiger partial charge in [-0.15, -0.1) is 0 Å². The molecule has 0 radical (unpaired) electrons. The molecular formula is C21H19N3O4. The average molecular weight is 377 g/mol. The molecule has 28 heavy (non-hydrogen) atoms. The van der Waals surface area contributed by atoms with Gasteiger partial charge in [0, 0.05) is 18.9 Å². The van der Waals surface area contributed by atoms with Gasteiger partial charge in [0.25, 0.3) is 11.1 Å². The number of hydrogen-bond acceptors (Lipinski definition) is 5. The molecule has 0 aliphatic heterocycles. The molecule has 7 nitrogen and oxygen atoms in total. The monoisotopic (exact) mass is 377 g/mol. The van der Waals surface area contributed by atoms with Crippen LogP contribution < -0.4 is 15.9 Å². The lowest BCUT2D eigenvalue weighted by molar-refractivity contribution is 0.274. The Morgan fingerprint density at radius 3 is 2.14 bits per heavy atom. The summed E-state index contributed by atoms with van der Waals surface area (Å²) in [5.41, 5.74) is 1.55. The number of rotatable bonds is 5. The highest BCUT2D eigenvalue weighted by molar-refractivity contribution is 5.91. The first kappa shape index (κ1) is 17.9. The molecule has 3 aromatic heterocycles. The minimum atomic E-state index is -0.272. The summed E-state index contributed by atoms with van der Waals surface area (Å²) in [6.07, 6.45) is 3.31. The van der Waals surface area contributed by atoms with Crippen LogP contribution in [0.15, 0.2) is 64.4 Å². The first-order chi connectivity index (χ1) is 13.6. The van der Waals surface area contributed by atoms with E-state index < -0.39 is 0 Å². The molecular weight excluding hydrogens is 358 g/mol. The molecule has 0 aliphatic rings. The van der Waals surface area contributed by atoms with Crippen molar-refractivity contribution in [2.75, 3.05) is 13.7 Å². The van der Waals surface area contributed by atoms with E-state index in [4.69, 9.17) is 9.84 Å². The lowest BCUT2D eigenvalue weighted by Gasteiger charge is -2.09. The minimum absolute atomic E-state index is 0.138. The smallest absolute Gasteiger partial charge is 0.260 e. The van der Waals surface area contributed by atoms with Crippen LogP contribution in [-0.4, -0.2) is 32.9 Å². The van der Waals surface area contributed by atoms with Crippen LogP contribution in [0.1, 0.15) is 5.56 Å². The number of ether oxygens (including phenoxy) is 1. The fraction of sp³-hybridized carbons (Fsp3) is 0.190. The third kappa shape index (κ3) is 3.16. The maximum absolute atomic E-state index is 13.0. The molecule has 7 heteroatoms. The predicted octanol–water partition coefficient (Wildman–Crippen LogP) is 1.76. The van der Waals surface area contributed by atoms with Crippen LogP contribution in [0.25, 0.3) is 21.8 Å². The summed E-state index contributed by atoms with van der Waals surface area (Å²) in [5, 5.41) is 9.86. The second-order valence-corrected chi connectivity index (χ2v) is 6.49. The number of benzene rings is 1. The summed E-state index contributed by atoms with van der Waals surface area (Å²) in [5.74, 6) is 0.754. The molecule has 0 saturated carbocycles. The molecule has 1 N–H and O–H groups in total. The third-order valence-corrected chi connectivity index (χ3v) is 4.74. The Hall–Kier alpha value is -3.45. The highest BCUT2D eigenvalue weighted by atomic mass is 16.5. The van der Waals surface area contributed by atoms with Crippen LogP contribution in [-0.2, 0) is 13.1 Å². The molecule has 0 atom stereocenters. The van der Waals surface area contributed by atoms with Crippen LogP contribution in [0.2, 0.25) is 0 Å². The van der Waals surface area contributed by atoms with Crippen LogP contribution >= 0.6 is 0 Å². The summed E-state index contributed by atoms with van der Waals surface area (Å²) in [4.78, 5) is 30.0. The molecule has 0 bridgehead atoms. The van der Waals surface area contributed by atoms with Gasteiger partial charge in [0.1, 0.15) is 5.75 Å². The third-order valence-electron chi connectivity index (χ3n) is 4.74. The van der Waals surface area contributed by atoms with Crippen molar-refractivity contribution in [2.24, 2.45) is 0 Å². The zero-order valence-electron chi connectivity index (χ0n) is 15.3. The van der Waals surface area contributed by atoms with E-state index in [2.05, 4.69) is 4.98 Å². The van der Waals surface area contributed by atoms with Crippen molar-refractivity contribution in [2.45, 2.75) is 13.1 Å². The lowest BCUT2D eigenvalue weighted by atomic mass is 10.1. The van der Waals surface area contributed by atoms with Crippen molar-refractivity contribution in [3.8, 4) is 5.75 Å². The fourth-order valence-electron chi connectivity index (χ4n) is 3.24. The fourth-order valence-corrected chi connectivity index (χ4v) is 3.24. The van der Waals surface area contributed by atoms with Gasteiger partial charge in [-0.05, 0) is 35.9 Å². The Kier molecular flexibility index (Phi) is 4.67. The quantitative estimate of drug-likeness (QED) is 0.536. The standard InChI is InChI=1S/C21H19N3O4/c1-28-15-4-2-14(3-5-15)13-24-9-7-19-17(21(24)27)12-16-18(22-19)6-8-23(10-11-25)20(16)26/h2-9,12,25H,10-11,13H2,1H3. The molecule has 3 heterocycles. The molecule has 1 aromatic carbocycles. The normalized spacial score (nSPS) is 11.2. The number of aliphatic hydroxyl groups is 1. The van der Waals surface area contributed by atoms with Gasteiger partial charge < -0.3 is 19.0 Å². The summed E-state index contributed by atoms with van der Waals surface area (Å²) in [6, 6.07) is 12.6. The van der Waals surface area contributed by atoms with E-state index in [0.29, 0.717) is 28.4 Å². The number of methoxy groups -OCH3 is 1. The molecule has 142 valence electrons. The van der Waals surface area contributed by atoms with Gasteiger partial charge in [0.05, 0.1) is 42.1 Å². The first-order valence-electron chi connectivity index (χ1n) is 8.88. The molecule has 0 spiro atoms. The number of fused-ring (bicyclic) bond motifs is 2. The largest absolute Gasteiger partial charge is 0.497 e. The maximum Gasteiger partial charge on any atom is 0.260 e. The minimum Gasteiger partial charge on any atom is -0.497 e. The van der Waals surface area contributed by atoms with E-state index in [9.17, 15) is 9.59 Å². The van der Waals surface area contributed by atoms with Crippen molar-refractivity contribution in [3.63, 3.8) is 0 Å². The number of pyridine rings is 3. The van der Waals surface area contributed by atoms with E-state index in [1.54, 1.807) is 42.3 Å². The van der Waals surface area contributed by atoms with Crippen molar-refractivity contribution in [1.82, 2.24) is 14.1 Å². The summed E-state index contributed by atoms with van der Waals surface area (Å²) in [6.45, 7) is 0.463. The molecule has 4 aromatic rings. The molecule has 0 saturated heterocycles. The topological polar surface area (TPSA) is 86.3 Å². The molecule has 0 unspecified atom stereocenters. The van der Waals surface area contributed by atoms with Gasteiger partial charge in [-0.25, -0.2) is 4.98 Å². The molecule has 0 fully saturated rings. The van der Waals surface area contributed by atoms with Crippen molar-refractivity contribution in [3.05, 3.63) is 81.1 Å². The molecule has 0 amide bonds. The van der Waals surface area contributed by atoms with E-state index in [-0.39, 0.29) is 24.3 Å². The number of aliphatic hydroxyl groups excluding tert-OH is 1. The number of aromatic nitrogens is 3. The van der Waals surface area contributed by atoms with Gasteiger partial charge in [-0.1, -0.05) is 12.1 Å². The van der Waals surface area contributed by atoms with Gasteiger partial charge in [-0.3, -0.25) is 9.59 Å². The van der Waals surface area contributed by atoms with Gasteiger partial charge in [0.2, 0.25) is 0 Å². The van der Waals surface area contributed by atoms with E-state index in [0.717, 1.165) is 11.3 Å². The van der Waals surface area contributed by atoms with Crippen molar-refractivity contribution >= 4 is 21.8 Å². The van der Waals surface area contributed by atoms with Crippen LogP contribution in [0.4, 0.5) is 0 Å². The Morgan fingerprint density at radius 1 is 0.929 bits per heavy atom. The second kappa shape index (κ2) is 7.28. The first-order valence-corrected chi connectivity index (χ1v) is 8.88. The summed E-state index contributed by atoms with van der Waals surface area (Å²) in [7, 11) is 1.61. The van der Waals surface area contributed by atoms with Crippen molar-refractivity contribution in [1.29, 1.82) is 0 Å². The molecule has 4 rings (SSSR count). The van der Waals surface area contributed by atoms with Crippen LogP contribution in [0, 0.1) is 0 Å². The van der Waals surface area contributed by atoms with E-state index in [1.165, 1.54) is 4.57 Å². The highest BCUT2D eigenvalue weighted by Gasteiger charge is 2.10. The summed E-state index contributed by atoms with van der Waals surface area (Å²) < 4.78 is 8.16. The lowest BCUT2D eigenvalue weighted by Crippen LogP contribution is -2.23. The SMILES string of the molecule is COc1ccc(Cn2ccc3nc4ccn(CCO)c(=O)c4cc3c2=O)cc1. The number of hydrogen-bond donors (Lipinski definition) is 1. The second-order valence-electron chi connectivity index (χ2n) is 6.49. The Labute approximate surface area is 160 Å². The summed E-state index contributed by atoms with van der Waals surface area (Å²) >= 11 is 0. The zero-order valence-corrected chi connectivity index (χ0v) is 15.3. The van der Waals surface area contributed by atoms with E-state index >= 15 is 0 Å².